The van der Waals surface area contributed by atoms with Gasteiger partial charge < -0.3 is 14.5 Å². The average molecular weight is 625 g/mol. The van der Waals surface area contributed by atoms with Crippen LogP contribution in [0.2, 0.25) is 10.0 Å². The highest BCUT2D eigenvalue weighted by Crippen LogP contribution is 2.33. The maximum absolute atomic E-state index is 13.1. The monoisotopic (exact) mass is 623 g/mol. The molecule has 0 aliphatic carbocycles. The molecule has 4 aromatic rings. The standard InChI is InChI=1S/C31H31Cl2N5O3S/c1-21-20-36(16-17-37(21)30(40)23-14-15-24(32)25(33)19-23)28(39)13-8-18-42-31-35-34-29(22-9-4-3-5-10-22)38(31)26-11-6-7-12-27(26)41-2/h3-7,9-12,14-15,19,21H,8,13,16-18,20H2,1-2H3. The number of amides is 2. The molecule has 1 aromatic heterocycles. The number of thioether (sulfide) groups is 1. The van der Waals surface area contributed by atoms with Crippen molar-refractivity contribution in [2.75, 3.05) is 32.5 Å². The van der Waals surface area contributed by atoms with E-state index in [1.807, 2.05) is 71.0 Å². The molecule has 0 bridgehead atoms. The summed E-state index contributed by atoms with van der Waals surface area (Å²) >= 11 is 13.7. The summed E-state index contributed by atoms with van der Waals surface area (Å²) in [6, 6.07) is 22.5. The van der Waals surface area contributed by atoms with Gasteiger partial charge in [0.1, 0.15) is 5.75 Å². The summed E-state index contributed by atoms with van der Waals surface area (Å²) < 4.78 is 7.64. The van der Waals surface area contributed by atoms with Crippen molar-refractivity contribution in [1.82, 2.24) is 24.6 Å². The molecule has 0 radical (unpaired) electrons. The highest BCUT2D eigenvalue weighted by atomic mass is 35.5. The number of piperazine rings is 1. The lowest BCUT2D eigenvalue weighted by molar-refractivity contribution is -0.133. The van der Waals surface area contributed by atoms with Crippen LogP contribution in [0.5, 0.6) is 5.75 Å². The van der Waals surface area contributed by atoms with Gasteiger partial charge in [-0.1, -0.05) is 77.4 Å². The number of methoxy groups -OCH3 is 1. The van der Waals surface area contributed by atoms with Crippen molar-refractivity contribution in [2.24, 2.45) is 0 Å². The van der Waals surface area contributed by atoms with E-state index < -0.39 is 0 Å². The lowest BCUT2D eigenvalue weighted by Gasteiger charge is -2.40. The summed E-state index contributed by atoms with van der Waals surface area (Å²) in [5, 5.41) is 10.5. The zero-order valence-electron chi connectivity index (χ0n) is 23.4. The molecular weight excluding hydrogens is 593 g/mol. The number of para-hydroxylation sites is 2. The highest BCUT2D eigenvalue weighted by Gasteiger charge is 2.30. The van der Waals surface area contributed by atoms with E-state index in [9.17, 15) is 9.59 Å². The van der Waals surface area contributed by atoms with E-state index in [0.29, 0.717) is 53.8 Å². The molecule has 3 aromatic carbocycles. The summed E-state index contributed by atoms with van der Waals surface area (Å²) in [7, 11) is 1.65. The van der Waals surface area contributed by atoms with Crippen LogP contribution in [0.1, 0.15) is 30.1 Å². The second-order valence-electron chi connectivity index (χ2n) is 9.95. The number of aromatic nitrogens is 3. The van der Waals surface area contributed by atoms with Gasteiger partial charge in [-0.3, -0.25) is 14.2 Å². The van der Waals surface area contributed by atoms with Crippen LogP contribution >= 0.6 is 35.0 Å². The lowest BCUT2D eigenvalue weighted by atomic mass is 10.1. The Labute approximate surface area is 259 Å². The Morgan fingerprint density at radius 2 is 1.74 bits per heavy atom. The maximum Gasteiger partial charge on any atom is 0.254 e. The van der Waals surface area contributed by atoms with Crippen molar-refractivity contribution in [3.05, 3.63) is 88.4 Å². The number of hydrogen-bond acceptors (Lipinski definition) is 6. The molecule has 8 nitrogen and oxygen atoms in total. The molecule has 1 saturated heterocycles. The van der Waals surface area contributed by atoms with Crippen LogP contribution in [-0.4, -0.2) is 74.9 Å². The molecule has 0 spiro atoms. The Hall–Kier alpha value is -3.53. The van der Waals surface area contributed by atoms with Gasteiger partial charge in [-0.25, -0.2) is 0 Å². The molecule has 1 atom stereocenters. The average Bonchev–Trinajstić information content (AvgIpc) is 3.44. The first-order valence-electron chi connectivity index (χ1n) is 13.7. The van der Waals surface area contributed by atoms with Gasteiger partial charge in [0.25, 0.3) is 5.91 Å². The predicted octanol–water partition coefficient (Wildman–Crippen LogP) is 6.50. The fourth-order valence-electron chi connectivity index (χ4n) is 5.00. The van der Waals surface area contributed by atoms with Crippen LogP contribution in [0.15, 0.2) is 78.0 Å². The van der Waals surface area contributed by atoms with Crippen molar-refractivity contribution in [2.45, 2.75) is 31.0 Å². The molecule has 1 unspecified atom stereocenters. The third-order valence-corrected chi connectivity index (χ3v) is 8.92. The molecule has 1 fully saturated rings. The van der Waals surface area contributed by atoms with Gasteiger partial charge in [-0.15, -0.1) is 10.2 Å². The smallest absolute Gasteiger partial charge is 0.254 e. The first-order valence-corrected chi connectivity index (χ1v) is 15.4. The summed E-state index contributed by atoms with van der Waals surface area (Å²) in [4.78, 5) is 29.8. The minimum absolute atomic E-state index is 0.0836. The molecule has 1 aliphatic heterocycles. The zero-order chi connectivity index (χ0) is 29.6. The zero-order valence-corrected chi connectivity index (χ0v) is 25.7. The molecule has 42 heavy (non-hydrogen) atoms. The predicted molar refractivity (Wildman–Crippen MR) is 167 cm³/mol. The number of hydrogen-bond donors (Lipinski definition) is 0. The fraction of sp³-hybridized carbons (Fsp3) is 0.290. The van der Waals surface area contributed by atoms with Crippen molar-refractivity contribution in [1.29, 1.82) is 0 Å². The number of carbonyl (C=O) groups is 2. The van der Waals surface area contributed by atoms with Gasteiger partial charge in [0.05, 0.1) is 22.8 Å². The van der Waals surface area contributed by atoms with Crippen molar-refractivity contribution in [3.63, 3.8) is 0 Å². The summed E-state index contributed by atoms with van der Waals surface area (Å²) in [6.45, 7) is 3.40. The number of benzene rings is 3. The number of rotatable bonds is 9. The van der Waals surface area contributed by atoms with E-state index in [0.717, 1.165) is 28.0 Å². The molecule has 0 saturated carbocycles. The van der Waals surface area contributed by atoms with Crippen molar-refractivity contribution < 1.29 is 14.3 Å². The van der Waals surface area contributed by atoms with Gasteiger partial charge in [0.2, 0.25) is 5.91 Å². The molecule has 1 aliphatic rings. The van der Waals surface area contributed by atoms with Gasteiger partial charge in [-0.2, -0.15) is 0 Å². The van der Waals surface area contributed by atoms with Crippen LogP contribution < -0.4 is 4.74 Å². The first kappa shape index (κ1) is 29.9. The van der Waals surface area contributed by atoms with Gasteiger partial charge in [0.15, 0.2) is 11.0 Å². The van der Waals surface area contributed by atoms with E-state index in [4.69, 9.17) is 27.9 Å². The lowest BCUT2D eigenvalue weighted by Crippen LogP contribution is -2.55. The number of nitrogens with zero attached hydrogens (tertiary/aromatic N) is 5. The topological polar surface area (TPSA) is 80.6 Å². The largest absolute Gasteiger partial charge is 0.495 e. The van der Waals surface area contributed by atoms with E-state index in [1.54, 1.807) is 42.0 Å². The van der Waals surface area contributed by atoms with Gasteiger partial charge >= 0.3 is 0 Å². The Morgan fingerprint density at radius 1 is 0.976 bits per heavy atom. The third kappa shape index (κ3) is 6.59. The molecule has 5 rings (SSSR count). The van der Waals surface area contributed by atoms with Crippen LogP contribution in [0, 0.1) is 0 Å². The molecule has 218 valence electrons. The number of halogens is 2. The summed E-state index contributed by atoms with van der Waals surface area (Å²) in [5.74, 6) is 2.11. The van der Waals surface area contributed by atoms with Crippen molar-refractivity contribution >= 4 is 46.8 Å². The molecule has 2 heterocycles. The van der Waals surface area contributed by atoms with E-state index >= 15 is 0 Å². The van der Waals surface area contributed by atoms with Crippen LogP contribution in [0.3, 0.4) is 0 Å². The summed E-state index contributed by atoms with van der Waals surface area (Å²) in [5.41, 5.74) is 2.29. The molecule has 2 amide bonds. The Balaban J connectivity index is 1.19. The first-order chi connectivity index (χ1) is 20.4. The van der Waals surface area contributed by atoms with Gasteiger partial charge in [-0.05, 0) is 43.7 Å². The van der Waals surface area contributed by atoms with Gasteiger partial charge in [0, 0.05) is 49.0 Å². The van der Waals surface area contributed by atoms with E-state index in [1.165, 1.54) is 0 Å². The molecular formula is C31H31Cl2N5O3S. The summed E-state index contributed by atoms with van der Waals surface area (Å²) in [6.07, 6.45) is 1.09. The Kier molecular flexibility index (Phi) is 9.72. The quantitative estimate of drug-likeness (QED) is 0.156. The van der Waals surface area contributed by atoms with Crippen LogP contribution in [0.25, 0.3) is 17.1 Å². The van der Waals surface area contributed by atoms with E-state index in [2.05, 4.69) is 10.2 Å². The second-order valence-corrected chi connectivity index (χ2v) is 11.8. The van der Waals surface area contributed by atoms with Crippen molar-refractivity contribution in [3.8, 4) is 22.8 Å². The normalized spacial score (nSPS) is 15.1. The minimum Gasteiger partial charge on any atom is -0.495 e. The SMILES string of the molecule is COc1ccccc1-n1c(SCCCC(=O)N2CCN(C(=O)c3ccc(Cl)c(Cl)c3)C(C)C2)nnc1-c1ccccc1. The van der Waals surface area contributed by atoms with Crippen LogP contribution in [0.4, 0.5) is 0 Å². The second kappa shape index (κ2) is 13.6. The Morgan fingerprint density at radius 3 is 2.48 bits per heavy atom. The molecule has 0 N–H and O–H groups in total. The highest BCUT2D eigenvalue weighted by molar-refractivity contribution is 7.99. The van der Waals surface area contributed by atoms with E-state index in [-0.39, 0.29) is 17.9 Å². The fourth-order valence-corrected chi connectivity index (χ4v) is 6.18. The molecule has 11 heteroatoms. The minimum atomic E-state index is -0.116. The Bertz CT molecular complexity index is 1570. The maximum atomic E-state index is 13.1. The number of carbonyl (C=O) groups excluding carboxylic acids is 2. The third-order valence-electron chi connectivity index (χ3n) is 7.17. The number of ether oxygens (including phenoxy) is 1. The van der Waals surface area contributed by atoms with Crippen LogP contribution in [-0.2, 0) is 4.79 Å².